The highest BCUT2D eigenvalue weighted by atomic mass is 16.3. The number of rotatable bonds is 11. The Morgan fingerprint density at radius 2 is 1.85 bits per heavy atom. The molecule has 176 valence electrons. The average molecular weight is 452 g/mol. The molecule has 2 aromatic carbocycles. The van der Waals surface area contributed by atoms with Crippen LogP contribution in [0.25, 0.3) is 11.0 Å². The summed E-state index contributed by atoms with van der Waals surface area (Å²) in [4.78, 5) is 29.6. The molecule has 0 aliphatic rings. The van der Waals surface area contributed by atoms with E-state index >= 15 is 0 Å². The Balaban J connectivity index is 1.99. The number of imidazole rings is 1. The Bertz CT molecular complexity index is 1100. The van der Waals surface area contributed by atoms with Gasteiger partial charge in [0.25, 0.3) is 5.91 Å². The van der Waals surface area contributed by atoms with E-state index in [0.29, 0.717) is 36.2 Å². The highest BCUT2D eigenvalue weighted by Crippen LogP contribution is 2.23. The summed E-state index contributed by atoms with van der Waals surface area (Å²) in [5.41, 5.74) is 9.40. The largest absolute Gasteiger partial charge is 0.360 e. The van der Waals surface area contributed by atoms with Gasteiger partial charge < -0.3 is 10.6 Å². The van der Waals surface area contributed by atoms with Crippen molar-refractivity contribution in [3.05, 3.63) is 52.9 Å². The van der Waals surface area contributed by atoms with Gasteiger partial charge in [-0.3, -0.25) is 4.79 Å². The molecule has 3 rings (SSSR count). The number of aromatic amines is 1. The summed E-state index contributed by atoms with van der Waals surface area (Å²) in [7, 11) is 0. The third-order valence-electron chi connectivity index (χ3n) is 5.32. The van der Waals surface area contributed by atoms with Gasteiger partial charge in [0.05, 0.1) is 6.54 Å². The zero-order valence-corrected chi connectivity index (χ0v) is 20.0. The van der Waals surface area contributed by atoms with Gasteiger partial charge in [-0.25, -0.2) is 14.9 Å². The van der Waals surface area contributed by atoms with Crippen molar-refractivity contribution in [1.82, 2.24) is 9.88 Å². The number of anilines is 2. The number of fused-ring (bicyclic) bond motifs is 1. The maximum atomic E-state index is 13.4. The number of hydrogen-bond donors (Lipinski definition) is 3. The van der Waals surface area contributed by atoms with E-state index in [0.717, 1.165) is 42.2 Å². The van der Waals surface area contributed by atoms with E-state index in [1.165, 1.54) is 0 Å². The second-order valence-corrected chi connectivity index (χ2v) is 9.26. The quantitative estimate of drug-likeness (QED) is 0.290. The lowest BCUT2D eigenvalue weighted by atomic mass is 10.1. The van der Waals surface area contributed by atoms with Crippen LogP contribution in [-0.4, -0.2) is 35.4 Å². The van der Waals surface area contributed by atoms with Crippen molar-refractivity contribution in [2.45, 2.75) is 40.7 Å². The lowest BCUT2D eigenvalue weighted by Gasteiger charge is -2.26. The standard InChI is InChI=1S/C25H34N6O2/c1-17(2)15-30(16-18(3)4)24(32)19-9-10-22-23(13-19)31(12-6-11-26)25(28-22)27-20-7-5-8-21(14-20)29-33/h5,7-10,13-14,17-18H,6,11-12,15-16,26H2,1-4H3,(H,27,28,32)/p+1. The van der Waals surface area contributed by atoms with Gasteiger partial charge in [-0.15, -0.1) is 4.91 Å². The fourth-order valence-electron chi connectivity index (χ4n) is 3.97. The lowest BCUT2D eigenvalue weighted by Crippen LogP contribution is -2.38. The van der Waals surface area contributed by atoms with Crippen molar-refractivity contribution in [3.8, 4) is 0 Å². The van der Waals surface area contributed by atoms with E-state index in [9.17, 15) is 9.70 Å². The Morgan fingerprint density at radius 1 is 1.12 bits per heavy atom. The third kappa shape index (κ3) is 6.16. The van der Waals surface area contributed by atoms with E-state index in [-0.39, 0.29) is 5.91 Å². The summed E-state index contributed by atoms with van der Waals surface area (Å²) >= 11 is 0. The predicted octanol–water partition coefficient (Wildman–Crippen LogP) is 4.70. The summed E-state index contributed by atoms with van der Waals surface area (Å²) in [6.07, 6.45) is 0.785. The van der Waals surface area contributed by atoms with Crippen LogP contribution in [0.3, 0.4) is 0 Å². The summed E-state index contributed by atoms with van der Waals surface area (Å²) in [5.74, 6) is 1.59. The maximum absolute atomic E-state index is 13.4. The van der Waals surface area contributed by atoms with E-state index in [1.54, 1.807) is 18.2 Å². The van der Waals surface area contributed by atoms with E-state index in [2.05, 4.69) is 47.7 Å². The van der Waals surface area contributed by atoms with Gasteiger partial charge >= 0.3 is 5.95 Å². The molecule has 0 saturated carbocycles. The summed E-state index contributed by atoms with van der Waals surface area (Å²) in [6.45, 7) is 11.2. The first-order chi connectivity index (χ1) is 15.8. The molecule has 1 heterocycles. The molecule has 0 bridgehead atoms. The lowest BCUT2D eigenvalue weighted by molar-refractivity contribution is -0.656. The zero-order valence-electron chi connectivity index (χ0n) is 20.0. The number of nitrogens with two attached hydrogens (primary N) is 1. The Morgan fingerprint density at radius 3 is 2.48 bits per heavy atom. The van der Waals surface area contributed by atoms with Gasteiger partial charge in [-0.2, -0.15) is 0 Å². The van der Waals surface area contributed by atoms with Crippen LogP contribution in [0.4, 0.5) is 17.3 Å². The SMILES string of the molecule is CC(C)CN(CC(C)C)C(=O)c1ccc2[nH]c(Nc3cccc(N=O)c3)[n+](CCCN)c2c1. The van der Waals surface area contributed by atoms with Crippen molar-refractivity contribution >= 4 is 34.3 Å². The molecule has 0 aliphatic heterocycles. The fourth-order valence-corrected chi connectivity index (χ4v) is 3.97. The number of hydrogen-bond acceptors (Lipinski definition) is 5. The van der Waals surface area contributed by atoms with Gasteiger partial charge in [0.2, 0.25) is 0 Å². The molecule has 0 unspecified atom stereocenters. The molecule has 1 aromatic heterocycles. The number of carbonyl (C=O) groups excluding carboxylic acids is 1. The minimum atomic E-state index is 0.0464. The van der Waals surface area contributed by atoms with Crippen molar-refractivity contribution in [3.63, 3.8) is 0 Å². The monoisotopic (exact) mass is 451 g/mol. The number of nitroso groups, excluding NO2 is 1. The normalized spacial score (nSPS) is 11.4. The Hall–Kier alpha value is -3.26. The fraction of sp³-hybridized carbons (Fsp3) is 0.440. The highest BCUT2D eigenvalue weighted by molar-refractivity contribution is 5.97. The van der Waals surface area contributed by atoms with Crippen LogP contribution in [0.5, 0.6) is 0 Å². The second kappa shape index (κ2) is 11.0. The van der Waals surface area contributed by atoms with Gasteiger partial charge in [-0.05, 0) is 60.3 Å². The van der Waals surface area contributed by atoms with Crippen molar-refractivity contribution in [2.75, 3.05) is 25.0 Å². The van der Waals surface area contributed by atoms with Gasteiger partial charge in [-0.1, -0.05) is 33.8 Å². The summed E-state index contributed by atoms with van der Waals surface area (Å²) in [6, 6.07) is 12.8. The molecule has 3 aromatic rings. The van der Waals surface area contributed by atoms with Crippen LogP contribution in [0.1, 0.15) is 44.5 Å². The van der Waals surface area contributed by atoms with Crippen molar-refractivity contribution in [1.29, 1.82) is 0 Å². The number of nitrogens with zero attached hydrogens (tertiary/aromatic N) is 3. The molecule has 8 nitrogen and oxygen atoms in total. The van der Waals surface area contributed by atoms with E-state index in [1.807, 2.05) is 29.2 Å². The predicted molar refractivity (Wildman–Crippen MR) is 133 cm³/mol. The molecule has 8 heteroatoms. The molecular weight excluding hydrogens is 416 g/mol. The molecule has 0 aliphatic carbocycles. The first kappa shape index (κ1) is 24.4. The number of aryl methyl sites for hydroxylation is 1. The molecule has 33 heavy (non-hydrogen) atoms. The zero-order chi connectivity index (χ0) is 24.0. The Kier molecular flexibility index (Phi) is 8.16. The first-order valence-corrected chi connectivity index (χ1v) is 11.6. The number of nitrogens with one attached hydrogen (secondary N) is 2. The summed E-state index contributed by atoms with van der Waals surface area (Å²) < 4.78 is 2.09. The topological polar surface area (TPSA) is 107 Å². The van der Waals surface area contributed by atoms with Crippen LogP contribution in [0.15, 0.2) is 47.6 Å². The van der Waals surface area contributed by atoms with E-state index < -0.39 is 0 Å². The maximum Gasteiger partial charge on any atom is 0.360 e. The van der Waals surface area contributed by atoms with E-state index in [4.69, 9.17) is 5.73 Å². The Labute approximate surface area is 195 Å². The van der Waals surface area contributed by atoms with Crippen LogP contribution in [0, 0.1) is 16.7 Å². The van der Waals surface area contributed by atoms with Gasteiger partial charge in [0.1, 0.15) is 22.4 Å². The smallest absolute Gasteiger partial charge is 0.338 e. The molecule has 0 saturated heterocycles. The third-order valence-corrected chi connectivity index (χ3v) is 5.32. The van der Waals surface area contributed by atoms with Crippen molar-refractivity contribution < 1.29 is 9.36 Å². The molecule has 0 atom stereocenters. The molecule has 0 radical (unpaired) electrons. The molecule has 4 N–H and O–H groups in total. The minimum absolute atomic E-state index is 0.0464. The average Bonchev–Trinajstić information content (AvgIpc) is 3.12. The highest BCUT2D eigenvalue weighted by Gasteiger charge is 2.22. The number of amides is 1. The molecule has 0 fully saturated rings. The van der Waals surface area contributed by atoms with Crippen molar-refractivity contribution in [2.24, 2.45) is 22.7 Å². The first-order valence-electron chi connectivity index (χ1n) is 11.6. The van der Waals surface area contributed by atoms with Gasteiger partial charge in [0.15, 0.2) is 0 Å². The van der Waals surface area contributed by atoms with Crippen LogP contribution in [0.2, 0.25) is 0 Å². The molecule has 1 amide bonds. The molecule has 0 spiro atoms. The number of aromatic nitrogens is 2. The van der Waals surface area contributed by atoms with Gasteiger partial charge in [0, 0.05) is 24.7 Å². The second-order valence-electron chi connectivity index (χ2n) is 9.26. The van der Waals surface area contributed by atoms with Crippen LogP contribution < -0.4 is 15.6 Å². The molecular formula is C25H35N6O2+. The minimum Gasteiger partial charge on any atom is -0.338 e. The number of carbonyl (C=O) groups is 1. The van der Waals surface area contributed by atoms with Crippen LogP contribution in [-0.2, 0) is 6.54 Å². The number of benzene rings is 2. The number of H-pyrrole nitrogens is 1. The summed E-state index contributed by atoms with van der Waals surface area (Å²) in [5, 5.41) is 6.35. The van der Waals surface area contributed by atoms with Crippen LogP contribution >= 0.6 is 0 Å².